The van der Waals surface area contributed by atoms with Crippen molar-refractivity contribution >= 4 is 35.5 Å². The summed E-state index contributed by atoms with van der Waals surface area (Å²) in [6, 6.07) is 17.9. The monoisotopic (exact) mass is 485 g/mol. The summed E-state index contributed by atoms with van der Waals surface area (Å²) in [5, 5.41) is 2.79. The van der Waals surface area contributed by atoms with Crippen molar-refractivity contribution in [2.75, 3.05) is 13.2 Å². The third-order valence-corrected chi connectivity index (χ3v) is 11.6. The van der Waals surface area contributed by atoms with Crippen LogP contribution in [-0.4, -0.2) is 25.4 Å². The van der Waals surface area contributed by atoms with Gasteiger partial charge in [-0.15, -0.1) is 0 Å². The Bertz CT molecular complexity index is 1230. The predicted octanol–water partition coefficient (Wildman–Crippen LogP) is 8.41. The van der Waals surface area contributed by atoms with Gasteiger partial charge in [-0.3, -0.25) is 0 Å². The molecular formula is C32H37O2S+. The lowest BCUT2D eigenvalue weighted by atomic mass is 9.55. The van der Waals surface area contributed by atoms with E-state index in [4.69, 9.17) is 9.47 Å². The van der Waals surface area contributed by atoms with Gasteiger partial charge in [-0.05, 0) is 105 Å². The molecule has 8 rings (SSSR count). The van der Waals surface area contributed by atoms with Crippen LogP contribution in [0.3, 0.4) is 0 Å². The van der Waals surface area contributed by atoms with Crippen LogP contribution in [0.1, 0.15) is 46.0 Å². The van der Waals surface area contributed by atoms with Crippen molar-refractivity contribution in [1.82, 2.24) is 0 Å². The largest absolute Gasteiger partial charge is 0.375 e. The summed E-state index contributed by atoms with van der Waals surface area (Å²) in [5.41, 5.74) is 1.35. The van der Waals surface area contributed by atoms with Gasteiger partial charge in [-0.25, -0.2) is 0 Å². The Morgan fingerprint density at radius 2 is 1.34 bits per heavy atom. The van der Waals surface area contributed by atoms with Gasteiger partial charge in [0.2, 0.25) is 0 Å². The molecule has 4 bridgehead atoms. The molecule has 4 saturated carbocycles. The molecule has 35 heavy (non-hydrogen) atoms. The van der Waals surface area contributed by atoms with Crippen molar-refractivity contribution in [2.24, 2.45) is 29.6 Å². The molecule has 0 saturated heterocycles. The summed E-state index contributed by atoms with van der Waals surface area (Å²) in [4.78, 5) is 1.44. The molecule has 3 aromatic rings. The Morgan fingerprint density at radius 3 is 1.94 bits per heavy atom. The van der Waals surface area contributed by atoms with E-state index in [0.717, 1.165) is 30.3 Å². The van der Waals surface area contributed by atoms with Crippen LogP contribution in [0.15, 0.2) is 66.3 Å². The first-order valence-electron chi connectivity index (χ1n) is 13.7. The van der Waals surface area contributed by atoms with E-state index in [1.54, 1.807) is 0 Å². The summed E-state index contributed by atoms with van der Waals surface area (Å²) in [6.45, 7) is 6.01. The molecule has 2 nitrogen and oxygen atoms in total. The maximum atomic E-state index is 6.50. The molecule has 0 aliphatic heterocycles. The molecule has 182 valence electrons. The van der Waals surface area contributed by atoms with Crippen molar-refractivity contribution in [3.8, 4) is 0 Å². The fourth-order valence-corrected chi connectivity index (χ4v) is 10.8. The second-order valence-electron chi connectivity index (χ2n) is 11.7. The van der Waals surface area contributed by atoms with Crippen molar-refractivity contribution < 1.29 is 9.47 Å². The Morgan fingerprint density at radius 1 is 0.771 bits per heavy atom. The van der Waals surface area contributed by atoms with Crippen LogP contribution in [0.5, 0.6) is 0 Å². The molecule has 5 aliphatic rings. The average Bonchev–Trinajstić information content (AvgIpc) is 3.18. The van der Waals surface area contributed by atoms with Crippen LogP contribution >= 0.6 is 10.5 Å². The number of benzene rings is 2. The van der Waals surface area contributed by atoms with Crippen LogP contribution in [-0.2, 0) is 9.47 Å². The number of rotatable bonds is 6. The summed E-state index contributed by atoms with van der Waals surface area (Å²) >= 11 is 0. The maximum Gasteiger partial charge on any atom is 0.187 e. The molecule has 2 unspecified atom stereocenters. The van der Waals surface area contributed by atoms with E-state index in [2.05, 4.69) is 74.5 Å². The molecule has 1 heterocycles. The fraction of sp³-hybridized carbons (Fsp3) is 0.500. The molecule has 4 fully saturated rings. The Hall–Kier alpha value is -1.94. The lowest BCUT2D eigenvalue weighted by Crippen LogP contribution is -2.49. The minimum absolute atomic E-state index is 0.0284. The molecule has 2 atom stereocenters. The lowest BCUT2D eigenvalue weighted by Gasteiger charge is -2.54. The van der Waals surface area contributed by atoms with Crippen molar-refractivity contribution in [1.29, 1.82) is 0 Å². The molecule has 1 aromatic heterocycles. The van der Waals surface area contributed by atoms with Crippen molar-refractivity contribution in [3.05, 3.63) is 66.3 Å². The van der Waals surface area contributed by atoms with Crippen LogP contribution in [0.25, 0.3) is 25.1 Å². The zero-order valence-electron chi connectivity index (χ0n) is 21.0. The van der Waals surface area contributed by atoms with Crippen molar-refractivity contribution in [3.63, 3.8) is 0 Å². The summed E-state index contributed by atoms with van der Waals surface area (Å²) in [7, 11) is -0.0284. The van der Waals surface area contributed by atoms with E-state index >= 15 is 0 Å². The number of ether oxygens (including phenoxy) is 2. The molecule has 2 aromatic carbocycles. The molecule has 0 amide bonds. The first-order chi connectivity index (χ1) is 17.2. The highest BCUT2D eigenvalue weighted by Crippen LogP contribution is 2.55. The molecule has 3 heteroatoms. The molecule has 0 N–H and O–H groups in total. The van der Waals surface area contributed by atoms with Crippen molar-refractivity contribution in [2.45, 2.75) is 58.2 Å². The maximum absolute atomic E-state index is 6.50. The number of allylic oxidation sites excluding steroid dienone is 2. The second-order valence-corrected chi connectivity index (χ2v) is 13.6. The molecular weight excluding hydrogens is 448 g/mol. The van der Waals surface area contributed by atoms with E-state index in [1.165, 1.54) is 62.8 Å². The van der Waals surface area contributed by atoms with Gasteiger partial charge in [0.1, 0.15) is 0 Å². The van der Waals surface area contributed by atoms with Gasteiger partial charge in [0, 0.05) is 27.2 Å². The third-order valence-electron chi connectivity index (χ3n) is 9.29. The fourth-order valence-electron chi connectivity index (χ4n) is 8.14. The molecule has 0 spiro atoms. The van der Waals surface area contributed by atoms with Gasteiger partial charge in [0.05, 0.1) is 25.4 Å². The van der Waals surface area contributed by atoms with Gasteiger partial charge >= 0.3 is 0 Å². The first kappa shape index (κ1) is 22.3. The highest BCUT2D eigenvalue weighted by molar-refractivity contribution is 7.54. The zero-order chi connectivity index (χ0) is 23.5. The summed E-state index contributed by atoms with van der Waals surface area (Å²) in [6.07, 6.45) is 12.7. The van der Waals surface area contributed by atoms with Gasteiger partial charge < -0.3 is 9.47 Å². The number of thiophene rings is 1. The normalized spacial score (nSPS) is 33.9. The average molecular weight is 486 g/mol. The quantitative estimate of drug-likeness (QED) is 0.258. The van der Waals surface area contributed by atoms with Crippen LogP contribution in [0.2, 0.25) is 0 Å². The van der Waals surface area contributed by atoms with Crippen LogP contribution in [0.4, 0.5) is 0 Å². The van der Waals surface area contributed by atoms with E-state index in [1.807, 2.05) is 0 Å². The summed E-state index contributed by atoms with van der Waals surface area (Å²) < 4.78 is 15.9. The zero-order valence-corrected chi connectivity index (χ0v) is 21.8. The van der Waals surface area contributed by atoms with Crippen LogP contribution < -0.4 is 0 Å². The molecule has 0 radical (unpaired) electrons. The Labute approximate surface area is 212 Å². The van der Waals surface area contributed by atoms with Gasteiger partial charge in [0.25, 0.3) is 0 Å². The van der Waals surface area contributed by atoms with Crippen LogP contribution in [0, 0.1) is 29.6 Å². The topological polar surface area (TPSA) is 18.5 Å². The van der Waals surface area contributed by atoms with E-state index in [0.29, 0.717) is 18.6 Å². The summed E-state index contributed by atoms with van der Waals surface area (Å²) in [5.74, 6) is 4.02. The Kier molecular flexibility index (Phi) is 5.64. The minimum Gasteiger partial charge on any atom is -0.375 e. The highest BCUT2D eigenvalue weighted by atomic mass is 32.2. The van der Waals surface area contributed by atoms with E-state index in [-0.39, 0.29) is 16.6 Å². The van der Waals surface area contributed by atoms with Gasteiger partial charge in [-0.2, -0.15) is 0 Å². The highest BCUT2D eigenvalue weighted by Gasteiger charge is 2.48. The molecule has 5 aliphatic carbocycles. The van der Waals surface area contributed by atoms with Gasteiger partial charge in [-0.1, -0.05) is 31.2 Å². The standard InChI is InChI=1S/C32H37O2S/c1-20-13-26(35-29-9-5-3-7-27(29)28-8-4-6-10-30(28)35)14-21(2)31(20)33-11-12-34-32-24-16-22-15-23(18-24)19-25(32)17-22/h3-10,13-14,20,22-25,31-32H,11-12,15-19H2,1-2H3/q+1. The van der Waals surface area contributed by atoms with Gasteiger partial charge in [0.15, 0.2) is 14.3 Å². The SMILES string of the molecule is CC1=CC([s+]2c3ccccc3c3ccccc32)=CC(C)C1OCCOC1C2CC3CC(C2)CC1C3. The number of hydrogen-bond donors (Lipinski definition) is 0. The van der Waals surface area contributed by atoms with E-state index in [9.17, 15) is 0 Å². The smallest absolute Gasteiger partial charge is 0.187 e. The first-order valence-corrected chi connectivity index (χ1v) is 14.9. The number of fused-ring (bicyclic) bond motifs is 3. The number of hydrogen-bond acceptors (Lipinski definition) is 2. The lowest BCUT2D eigenvalue weighted by molar-refractivity contribution is -0.136. The second kappa shape index (κ2) is 8.87. The van der Waals surface area contributed by atoms with E-state index < -0.39 is 0 Å². The third kappa shape index (κ3) is 3.82. The Balaban J connectivity index is 1.05. The predicted molar refractivity (Wildman–Crippen MR) is 148 cm³/mol. The minimum atomic E-state index is -0.0284.